The molecule has 16 heavy (non-hydrogen) atoms. The Hall–Kier alpha value is -2.01. The zero-order valence-corrected chi connectivity index (χ0v) is 9.24. The highest BCUT2D eigenvalue weighted by Gasteiger charge is 2.11. The van der Waals surface area contributed by atoms with E-state index in [-0.39, 0.29) is 0 Å². The number of hydrogen-bond donors (Lipinski definition) is 3. The molecule has 2 aromatic rings. The van der Waals surface area contributed by atoms with Crippen LogP contribution in [0, 0.1) is 0 Å². The summed E-state index contributed by atoms with van der Waals surface area (Å²) in [7, 11) is 3.35. The van der Waals surface area contributed by atoms with Crippen LogP contribution in [0.2, 0.25) is 0 Å². The number of nitrogens with zero attached hydrogens (tertiary/aromatic N) is 1. The predicted octanol–water partition coefficient (Wildman–Crippen LogP) is 1.83. The van der Waals surface area contributed by atoms with E-state index in [1.54, 1.807) is 14.2 Å². The maximum atomic E-state index is 5.86. The zero-order valence-electron chi connectivity index (χ0n) is 9.24. The Labute approximate surface area is 93.6 Å². The normalized spacial score (nSPS) is 10.4. The quantitative estimate of drug-likeness (QED) is 0.685. The summed E-state index contributed by atoms with van der Waals surface area (Å²) in [6.45, 7) is 0. The Bertz CT molecular complexity index is 513. The SMILES string of the molecule is CNc1c(N)nc2ccccc2c1NOC. The molecule has 0 bridgehead atoms. The van der Waals surface area contributed by atoms with Crippen molar-refractivity contribution in [2.24, 2.45) is 0 Å². The molecule has 84 valence electrons. The summed E-state index contributed by atoms with van der Waals surface area (Å²) in [5.41, 5.74) is 11.1. The van der Waals surface area contributed by atoms with E-state index < -0.39 is 0 Å². The van der Waals surface area contributed by atoms with E-state index >= 15 is 0 Å². The molecule has 0 spiro atoms. The molecule has 5 nitrogen and oxygen atoms in total. The number of nitrogens with one attached hydrogen (secondary N) is 2. The molecule has 0 aliphatic heterocycles. The van der Waals surface area contributed by atoms with Gasteiger partial charge in [0.25, 0.3) is 0 Å². The highest BCUT2D eigenvalue weighted by Crippen LogP contribution is 2.33. The van der Waals surface area contributed by atoms with Crippen molar-refractivity contribution in [1.82, 2.24) is 4.98 Å². The molecular weight excluding hydrogens is 204 g/mol. The van der Waals surface area contributed by atoms with Crippen LogP contribution in [0.15, 0.2) is 24.3 Å². The lowest BCUT2D eigenvalue weighted by molar-refractivity contribution is 0.272. The summed E-state index contributed by atoms with van der Waals surface area (Å²) < 4.78 is 0. The Kier molecular flexibility index (Phi) is 2.78. The van der Waals surface area contributed by atoms with E-state index in [2.05, 4.69) is 15.8 Å². The van der Waals surface area contributed by atoms with Crippen molar-refractivity contribution in [1.29, 1.82) is 0 Å². The number of aromatic nitrogens is 1. The van der Waals surface area contributed by atoms with Gasteiger partial charge in [-0.25, -0.2) is 4.98 Å². The van der Waals surface area contributed by atoms with E-state index in [1.165, 1.54) is 0 Å². The molecule has 0 unspecified atom stereocenters. The van der Waals surface area contributed by atoms with Gasteiger partial charge in [-0.15, -0.1) is 0 Å². The molecule has 1 aromatic carbocycles. The third kappa shape index (κ3) is 1.61. The Morgan fingerprint density at radius 3 is 2.69 bits per heavy atom. The lowest BCUT2D eigenvalue weighted by Crippen LogP contribution is -2.06. The maximum Gasteiger partial charge on any atom is 0.149 e. The van der Waals surface area contributed by atoms with Gasteiger partial charge in [0.2, 0.25) is 0 Å². The van der Waals surface area contributed by atoms with Gasteiger partial charge in [-0.2, -0.15) is 0 Å². The fourth-order valence-corrected chi connectivity index (χ4v) is 1.69. The summed E-state index contributed by atoms with van der Waals surface area (Å²) in [6, 6.07) is 7.74. The standard InChI is InChI=1S/C11H14N4O/c1-13-10-9(15-16-2)7-5-3-4-6-8(7)14-11(10)12/h3-6,13H,1-2H3,(H3,12,14,15). The summed E-state index contributed by atoms with van der Waals surface area (Å²) in [5.74, 6) is 0.445. The summed E-state index contributed by atoms with van der Waals surface area (Å²) in [5, 5.41) is 3.97. The first-order valence-corrected chi connectivity index (χ1v) is 4.93. The summed E-state index contributed by atoms with van der Waals surface area (Å²) in [6.07, 6.45) is 0. The maximum absolute atomic E-state index is 5.86. The predicted molar refractivity (Wildman–Crippen MR) is 66.3 cm³/mol. The third-order valence-corrected chi connectivity index (χ3v) is 2.37. The number of para-hydroxylation sites is 1. The number of benzene rings is 1. The second-order valence-corrected chi connectivity index (χ2v) is 3.32. The third-order valence-electron chi connectivity index (χ3n) is 2.37. The van der Waals surface area contributed by atoms with E-state index in [0.717, 1.165) is 22.3 Å². The molecule has 5 heteroatoms. The topological polar surface area (TPSA) is 72.2 Å². The minimum Gasteiger partial charge on any atom is -0.383 e. The van der Waals surface area contributed by atoms with Crippen LogP contribution < -0.4 is 16.5 Å². The lowest BCUT2D eigenvalue weighted by atomic mass is 10.1. The molecule has 1 aromatic heterocycles. The highest BCUT2D eigenvalue weighted by molar-refractivity contribution is 6.01. The van der Waals surface area contributed by atoms with Crippen LogP contribution in [0.1, 0.15) is 0 Å². The van der Waals surface area contributed by atoms with Gasteiger partial charge in [-0.3, -0.25) is 10.3 Å². The monoisotopic (exact) mass is 218 g/mol. The number of pyridine rings is 1. The molecule has 0 aliphatic carbocycles. The smallest absolute Gasteiger partial charge is 0.149 e. The average Bonchev–Trinajstić information content (AvgIpc) is 2.29. The van der Waals surface area contributed by atoms with Gasteiger partial charge >= 0.3 is 0 Å². The molecule has 0 saturated carbocycles. The van der Waals surface area contributed by atoms with Gasteiger partial charge in [0.05, 0.1) is 18.3 Å². The van der Waals surface area contributed by atoms with E-state index in [1.807, 2.05) is 24.3 Å². The van der Waals surface area contributed by atoms with Crippen molar-refractivity contribution >= 4 is 28.1 Å². The van der Waals surface area contributed by atoms with Crippen LogP contribution in [-0.2, 0) is 4.84 Å². The summed E-state index contributed by atoms with van der Waals surface area (Å²) >= 11 is 0. The Balaban J connectivity index is 2.76. The molecule has 0 atom stereocenters. The van der Waals surface area contributed by atoms with Crippen LogP contribution in [0.25, 0.3) is 10.9 Å². The van der Waals surface area contributed by atoms with Crippen LogP contribution in [0.5, 0.6) is 0 Å². The van der Waals surface area contributed by atoms with Crippen molar-refractivity contribution in [3.63, 3.8) is 0 Å². The van der Waals surface area contributed by atoms with Crippen LogP contribution in [-0.4, -0.2) is 19.1 Å². The van der Waals surface area contributed by atoms with Crippen molar-refractivity contribution in [3.8, 4) is 0 Å². The number of rotatable bonds is 3. The molecule has 4 N–H and O–H groups in total. The van der Waals surface area contributed by atoms with Gasteiger partial charge < -0.3 is 11.1 Å². The number of fused-ring (bicyclic) bond motifs is 1. The fraction of sp³-hybridized carbons (Fsp3) is 0.182. The highest BCUT2D eigenvalue weighted by atomic mass is 16.6. The molecule has 0 amide bonds. The largest absolute Gasteiger partial charge is 0.383 e. The van der Waals surface area contributed by atoms with E-state index in [9.17, 15) is 0 Å². The van der Waals surface area contributed by atoms with Gasteiger partial charge in [0.1, 0.15) is 11.5 Å². The Morgan fingerprint density at radius 2 is 2.00 bits per heavy atom. The van der Waals surface area contributed by atoms with Gasteiger partial charge in [0, 0.05) is 12.4 Å². The lowest BCUT2D eigenvalue weighted by Gasteiger charge is -2.14. The molecule has 2 rings (SSSR count). The molecule has 0 radical (unpaired) electrons. The van der Waals surface area contributed by atoms with Gasteiger partial charge in [0.15, 0.2) is 0 Å². The van der Waals surface area contributed by atoms with Crippen molar-refractivity contribution in [2.75, 3.05) is 30.7 Å². The van der Waals surface area contributed by atoms with Gasteiger partial charge in [-0.1, -0.05) is 18.2 Å². The zero-order chi connectivity index (χ0) is 11.5. The Morgan fingerprint density at radius 1 is 1.25 bits per heavy atom. The van der Waals surface area contributed by atoms with Crippen molar-refractivity contribution in [3.05, 3.63) is 24.3 Å². The van der Waals surface area contributed by atoms with Crippen molar-refractivity contribution < 1.29 is 4.84 Å². The first kappa shape index (κ1) is 10.5. The van der Waals surface area contributed by atoms with E-state index in [0.29, 0.717) is 5.82 Å². The van der Waals surface area contributed by atoms with Crippen LogP contribution in [0.4, 0.5) is 17.2 Å². The number of hydrogen-bond acceptors (Lipinski definition) is 5. The number of nitrogen functional groups attached to an aromatic ring is 1. The number of anilines is 3. The molecule has 0 saturated heterocycles. The minimum absolute atomic E-state index is 0.445. The fourth-order valence-electron chi connectivity index (χ4n) is 1.69. The second-order valence-electron chi connectivity index (χ2n) is 3.32. The molecule has 0 aliphatic rings. The minimum atomic E-state index is 0.445. The first-order chi connectivity index (χ1) is 7.77. The summed E-state index contributed by atoms with van der Waals surface area (Å²) in [4.78, 5) is 9.27. The van der Waals surface area contributed by atoms with Gasteiger partial charge in [-0.05, 0) is 6.07 Å². The van der Waals surface area contributed by atoms with Crippen molar-refractivity contribution in [2.45, 2.75) is 0 Å². The van der Waals surface area contributed by atoms with Crippen LogP contribution >= 0.6 is 0 Å². The molecule has 0 fully saturated rings. The molecule has 1 heterocycles. The average molecular weight is 218 g/mol. The van der Waals surface area contributed by atoms with Crippen LogP contribution in [0.3, 0.4) is 0 Å². The van der Waals surface area contributed by atoms with E-state index in [4.69, 9.17) is 10.6 Å². The number of nitrogens with two attached hydrogens (primary N) is 1. The first-order valence-electron chi connectivity index (χ1n) is 4.93. The second kappa shape index (κ2) is 4.24. The molecular formula is C11H14N4O.